The van der Waals surface area contributed by atoms with Crippen LogP contribution in [-0.4, -0.2) is 50.1 Å². The van der Waals surface area contributed by atoms with Gasteiger partial charge in [0.2, 0.25) is 0 Å². The number of rotatable bonds is 7. The largest absolute Gasteiger partial charge is 0.494 e. The normalized spacial score (nSPS) is 18.0. The summed E-state index contributed by atoms with van der Waals surface area (Å²) in [5.41, 5.74) is 2.18. The number of ether oxygens (including phenoxy) is 3. The second-order valence-corrected chi connectivity index (χ2v) is 7.70. The topological polar surface area (TPSA) is 48.0 Å². The highest BCUT2D eigenvalue weighted by Gasteiger charge is 2.23. The van der Waals surface area contributed by atoms with E-state index in [2.05, 4.69) is 4.90 Å². The van der Waals surface area contributed by atoms with Crippen LogP contribution in [-0.2, 0) is 0 Å². The molecule has 2 aliphatic rings. The molecule has 5 heteroatoms. The standard InChI is InChI=1S/C25H29NO4/c1-2-28-22-10-11-23-24(17-22)30-18-20(25(23)27)16-19-6-8-21(9-7-19)29-15-14-26-12-4-3-5-13-26/h6-11,16-17H,2-5,12-15,18H2,1H3/b20-16+. The molecule has 1 saturated heterocycles. The molecule has 0 saturated carbocycles. The Morgan fingerprint density at radius 3 is 2.53 bits per heavy atom. The monoisotopic (exact) mass is 407 g/mol. The Labute approximate surface area is 178 Å². The molecule has 0 radical (unpaired) electrons. The molecule has 0 aliphatic carbocycles. The molecule has 0 aromatic heterocycles. The van der Waals surface area contributed by atoms with E-state index in [1.54, 1.807) is 12.1 Å². The van der Waals surface area contributed by atoms with E-state index in [1.165, 1.54) is 32.4 Å². The number of hydrogen-bond donors (Lipinski definition) is 0. The average Bonchev–Trinajstić information content (AvgIpc) is 2.78. The molecule has 1 fully saturated rings. The molecule has 158 valence electrons. The number of carbonyl (C=O) groups is 1. The molecule has 2 heterocycles. The minimum Gasteiger partial charge on any atom is -0.494 e. The zero-order valence-electron chi connectivity index (χ0n) is 17.6. The number of carbonyl (C=O) groups excluding carboxylic acids is 1. The lowest BCUT2D eigenvalue weighted by molar-refractivity contribution is 0.100. The van der Waals surface area contributed by atoms with Crippen LogP contribution in [0.2, 0.25) is 0 Å². The quantitative estimate of drug-likeness (QED) is 0.628. The van der Waals surface area contributed by atoms with Gasteiger partial charge in [0.15, 0.2) is 5.78 Å². The summed E-state index contributed by atoms with van der Waals surface area (Å²) in [5.74, 6) is 2.16. The van der Waals surface area contributed by atoms with Crippen LogP contribution in [0.25, 0.3) is 6.08 Å². The fraction of sp³-hybridized carbons (Fsp3) is 0.400. The molecule has 0 spiro atoms. The van der Waals surface area contributed by atoms with Gasteiger partial charge in [-0.05, 0) is 68.8 Å². The van der Waals surface area contributed by atoms with Crippen LogP contribution in [0.5, 0.6) is 17.2 Å². The van der Waals surface area contributed by atoms with Gasteiger partial charge in [0.05, 0.1) is 12.2 Å². The van der Waals surface area contributed by atoms with Crippen molar-refractivity contribution in [3.63, 3.8) is 0 Å². The Morgan fingerprint density at radius 2 is 1.77 bits per heavy atom. The van der Waals surface area contributed by atoms with Gasteiger partial charge in [-0.3, -0.25) is 9.69 Å². The molecule has 5 nitrogen and oxygen atoms in total. The SMILES string of the molecule is CCOc1ccc2c(c1)OC/C(=C\c1ccc(OCCN3CCCCC3)cc1)C2=O. The molecule has 2 aliphatic heterocycles. The fourth-order valence-electron chi connectivity index (χ4n) is 3.90. The van der Waals surface area contributed by atoms with Crippen LogP contribution in [0, 0.1) is 0 Å². The van der Waals surface area contributed by atoms with Crippen LogP contribution in [0.3, 0.4) is 0 Å². The molecular formula is C25H29NO4. The predicted molar refractivity (Wildman–Crippen MR) is 118 cm³/mol. The highest BCUT2D eigenvalue weighted by atomic mass is 16.5. The molecular weight excluding hydrogens is 378 g/mol. The van der Waals surface area contributed by atoms with Gasteiger partial charge in [0, 0.05) is 18.2 Å². The summed E-state index contributed by atoms with van der Waals surface area (Å²) in [6.07, 6.45) is 5.83. The lowest BCUT2D eigenvalue weighted by atomic mass is 9.98. The molecule has 0 amide bonds. The first-order valence-corrected chi connectivity index (χ1v) is 10.8. The van der Waals surface area contributed by atoms with Crippen molar-refractivity contribution in [1.29, 1.82) is 0 Å². The minimum atomic E-state index is 0.00107. The molecule has 0 bridgehead atoms. The Bertz CT molecular complexity index is 898. The maximum Gasteiger partial charge on any atom is 0.196 e. The van der Waals surface area contributed by atoms with E-state index in [1.807, 2.05) is 43.3 Å². The van der Waals surface area contributed by atoms with Crippen molar-refractivity contribution in [3.05, 3.63) is 59.2 Å². The van der Waals surface area contributed by atoms with E-state index >= 15 is 0 Å². The number of benzene rings is 2. The molecule has 0 unspecified atom stereocenters. The first-order chi connectivity index (χ1) is 14.7. The third-order valence-corrected chi connectivity index (χ3v) is 5.53. The summed E-state index contributed by atoms with van der Waals surface area (Å²) < 4.78 is 17.2. The molecule has 4 rings (SSSR count). The number of fused-ring (bicyclic) bond motifs is 1. The number of nitrogens with zero attached hydrogens (tertiary/aromatic N) is 1. The maximum absolute atomic E-state index is 12.8. The van der Waals surface area contributed by atoms with Crippen molar-refractivity contribution in [2.45, 2.75) is 26.2 Å². The number of piperidine rings is 1. The minimum absolute atomic E-state index is 0.00107. The Morgan fingerprint density at radius 1 is 1.00 bits per heavy atom. The number of hydrogen-bond acceptors (Lipinski definition) is 5. The van der Waals surface area contributed by atoms with E-state index in [9.17, 15) is 4.79 Å². The number of likely N-dealkylation sites (tertiary alicyclic amines) is 1. The van der Waals surface area contributed by atoms with Gasteiger partial charge < -0.3 is 14.2 Å². The van der Waals surface area contributed by atoms with Crippen LogP contribution in [0.1, 0.15) is 42.1 Å². The van der Waals surface area contributed by atoms with Crippen LogP contribution >= 0.6 is 0 Å². The molecule has 2 aromatic carbocycles. The van der Waals surface area contributed by atoms with Crippen molar-refractivity contribution in [2.75, 3.05) is 39.5 Å². The molecule has 0 atom stereocenters. The summed E-state index contributed by atoms with van der Waals surface area (Å²) in [4.78, 5) is 15.3. The van der Waals surface area contributed by atoms with Crippen molar-refractivity contribution >= 4 is 11.9 Å². The van der Waals surface area contributed by atoms with Gasteiger partial charge in [-0.25, -0.2) is 0 Å². The van der Waals surface area contributed by atoms with Crippen LogP contribution in [0.15, 0.2) is 48.0 Å². The smallest absolute Gasteiger partial charge is 0.196 e. The highest BCUT2D eigenvalue weighted by Crippen LogP contribution is 2.31. The predicted octanol–water partition coefficient (Wildman–Crippen LogP) is 4.61. The first kappa shape index (κ1) is 20.5. The summed E-state index contributed by atoms with van der Waals surface area (Å²) in [6, 6.07) is 13.2. The van der Waals surface area contributed by atoms with Crippen LogP contribution < -0.4 is 14.2 Å². The second kappa shape index (κ2) is 9.81. The van der Waals surface area contributed by atoms with Gasteiger partial charge in [-0.2, -0.15) is 0 Å². The Balaban J connectivity index is 1.35. The lowest BCUT2D eigenvalue weighted by Gasteiger charge is -2.26. The highest BCUT2D eigenvalue weighted by molar-refractivity contribution is 6.14. The molecule has 2 aromatic rings. The van der Waals surface area contributed by atoms with Crippen LogP contribution in [0.4, 0.5) is 0 Å². The Hall–Kier alpha value is -2.79. The second-order valence-electron chi connectivity index (χ2n) is 7.70. The maximum atomic E-state index is 12.8. The summed E-state index contributed by atoms with van der Waals surface area (Å²) in [5, 5.41) is 0. The summed E-state index contributed by atoms with van der Waals surface area (Å²) in [6.45, 7) is 6.81. The summed E-state index contributed by atoms with van der Waals surface area (Å²) >= 11 is 0. The zero-order valence-corrected chi connectivity index (χ0v) is 17.6. The lowest BCUT2D eigenvalue weighted by Crippen LogP contribution is -2.33. The van der Waals surface area contributed by atoms with Crippen molar-refractivity contribution in [2.24, 2.45) is 0 Å². The van der Waals surface area contributed by atoms with Crippen molar-refractivity contribution in [3.8, 4) is 17.2 Å². The third-order valence-electron chi connectivity index (χ3n) is 5.53. The van der Waals surface area contributed by atoms with E-state index in [0.717, 1.165) is 17.9 Å². The fourth-order valence-corrected chi connectivity index (χ4v) is 3.90. The molecule has 30 heavy (non-hydrogen) atoms. The van der Waals surface area contributed by atoms with Gasteiger partial charge in [0.1, 0.15) is 30.5 Å². The first-order valence-electron chi connectivity index (χ1n) is 10.8. The molecule has 0 N–H and O–H groups in total. The van der Waals surface area contributed by atoms with Crippen molar-refractivity contribution in [1.82, 2.24) is 4.90 Å². The van der Waals surface area contributed by atoms with E-state index in [-0.39, 0.29) is 12.4 Å². The van der Waals surface area contributed by atoms with E-state index in [4.69, 9.17) is 14.2 Å². The van der Waals surface area contributed by atoms with E-state index < -0.39 is 0 Å². The average molecular weight is 408 g/mol. The van der Waals surface area contributed by atoms with Crippen molar-refractivity contribution < 1.29 is 19.0 Å². The summed E-state index contributed by atoms with van der Waals surface area (Å²) in [7, 11) is 0. The van der Waals surface area contributed by atoms with Gasteiger partial charge >= 0.3 is 0 Å². The van der Waals surface area contributed by atoms with Gasteiger partial charge in [-0.1, -0.05) is 18.6 Å². The van der Waals surface area contributed by atoms with E-state index in [0.29, 0.717) is 35.8 Å². The van der Waals surface area contributed by atoms with Gasteiger partial charge in [-0.15, -0.1) is 0 Å². The zero-order chi connectivity index (χ0) is 20.8. The van der Waals surface area contributed by atoms with Gasteiger partial charge in [0.25, 0.3) is 0 Å². The third kappa shape index (κ3) is 5.03. The number of Topliss-reactive ketones (excluding diaryl/α,β-unsaturated/α-hetero) is 1. The Kier molecular flexibility index (Phi) is 6.70. The number of ketones is 1.